The molecule has 0 aliphatic heterocycles. The van der Waals surface area contributed by atoms with Gasteiger partial charge in [0.15, 0.2) is 0 Å². The van der Waals surface area contributed by atoms with Crippen LogP contribution < -0.4 is 0 Å². The summed E-state index contributed by atoms with van der Waals surface area (Å²) >= 11 is 0. The van der Waals surface area contributed by atoms with Crippen LogP contribution in [0.3, 0.4) is 0 Å². The Morgan fingerprint density at radius 3 is 1.12 bits per heavy atom. The minimum Gasteiger partial charge on any atom is -0.0882 e. The summed E-state index contributed by atoms with van der Waals surface area (Å²) in [4.78, 5) is 0. The van der Waals surface area contributed by atoms with Gasteiger partial charge in [0.2, 0.25) is 0 Å². The Morgan fingerprint density at radius 2 is 0.708 bits per heavy atom. The molecule has 0 amide bonds. The van der Waals surface area contributed by atoms with Gasteiger partial charge in [-0.15, -0.1) is 0 Å². The Balaban J connectivity index is 1.93. The lowest BCUT2D eigenvalue weighted by Gasteiger charge is -2.23. The first-order valence-corrected chi connectivity index (χ1v) is 11.3. The van der Waals surface area contributed by atoms with Gasteiger partial charge in [-0.2, -0.15) is 0 Å². The molecule has 138 valence electrons. The molecule has 0 heterocycles. The van der Waals surface area contributed by atoms with Crippen molar-refractivity contribution in [3.63, 3.8) is 0 Å². The highest BCUT2D eigenvalue weighted by molar-refractivity contribution is 5.00. The van der Waals surface area contributed by atoms with Crippen LogP contribution in [0.2, 0.25) is 0 Å². The lowest BCUT2D eigenvalue weighted by atomic mass is 9.82. The van der Waals surface area contributed by atoms with E-state index in [1.165, 1.54) is 116 Å². The molecule has 0 saturated carbocycles. The van der Waals surface area contributed by atoms with Crippen LogP contribution in [-0.4, -0.2) is 0 Å². The quantitative estimate of drug-likeness (QED) is 0.423. The molecule has 24 heavy (non-hydrogen) atoms. The highest BCUT2D eigenvalue weighted by atomic mass is 14.2. The van der Waals surface area contributed by atoms with Crippen LogP contribution in [0, 0.1) is 11.8 Å². The molecule has 0 aromatic heterocycles. The van der Waals surface area contributed by atoms with E-state index in [2.05, 4.69) is 24.3 Å². The first-order valence-electron chi connectivity index (χ1n) is 11.3. The molecular weight excluding hydrogens is 288 g/mol. The van der Waals surface area contributed by atoms with Crippen molar-refractivity contribution in [2.75, 3.05) is 0 Å². The van der Waals surface area contributed by atoms with Gasteiger partial charge in [-0.1, -0.05) is 101 Å². The van der Waals surface area contributed by atoms with Gasteiger partial charge in [0, 0.05) is 0 Å². The molecule has 0 fully saturated rings. The average molecular weight is 331 g/mol. The van der Waals surface area contributed by atoms with Crippen molar-refractivity contribution in [1.82, 2.24) is 0 Å². The van der Waals surface area contributed by atoms with E-state index in [0.29, 0.717) is 0 Å². The zero-order chi connectivity index (χ0) is 16.7. The topological polar surface area (TPSA) is 0 Å². The molecule has 0 radical (unpaired) electrons. The summed E-state index contributed by atoms with van der Waals surface area (Å²) in [5.41, 5.74) is 0. The maximum atomic E-state index is 2.61. The largest absolute Gasteiger partial charge is 0.0882 e. The van der Waals surface area contributed by atoms with Crippen molar-refractivity contribution in [2.24, 2.45) is 11.8 Å². The third kappa shape index (κ3) is 9.09. The fourth-order valence-corrected chi connectivity index (χ4v) is 4.50. The molecule has 0 aromatic rings. The molecule has 0 bridgehead atoms. The molecule has 0 N–H and O–H groups in total. The smallest absolute Gasteiger partial charge is 0.0171 e. The third-order valence-electron chi connectivity index (χ3n) is 6.13. The lowest BCUT2D eigenvalue weighted by molar-refractivity contribution is 0.382. The van der Waals surface area contributed by atoms with Gasteiger partial charge < -0.3 is 0 Å². The predicted molar refractivity (Wildman–Crippen MR) is 108 cm³/mol. The molecule has 0 aromatic carbocycles. The Labute approximate surface area is 152 Å². The molecule has 2 atom stereocenters. The van der Waals surface area contributed by atoms with Gasteiger partial charge in [0.05, 0.1) is 0 Å². The monoisotopic (exact) mass is 330 g/mol. The molecular formula is C24H42. The number of rotatable bonds is 1. The summed E-state index contributed by atoms with van der Waals surface area (Å²) in [6, 6.07) is 0. The number of allylic oxidation sites excluding steroid dienone is 4. The molecule has 2 aliphatic rings. The molecule has 0 unspecified atom stereocenters. The van der Waals surface area contributed by atoms with Gasteiger partial charge in [0.1, 0.15) is 0 Å². The van der Waals surface area contributed by atoms with Gasteiger partial charge in [-0.3, -0.25) is 0 Å². The summed E-state index contributed by atoms with van der Waals surface area (Å²) in [5, 5.41) is 0. The fourth-order valence-electron chi connectivity index (χ4n) is 4.50. The minimum absolute atomic E-state index is 0.809. The van der Waals surface area contributed by atoms with Gasteiger partial charge in [-0.25, -0.2) is 0 Å². The Bertz CT molecular complexity index is 304. The summed E-state index contributed by atoms with van der Waals surface area (Å²) in [6.45, 7) is 0. The van der Waals surface area contributed by atoms with Crippen molar-refractivity contribution >= 4 is 0 Å². The highest BCUT2D eigenvalue weighted by Gasteiger charge is 2.16. The van der Waals surface area contributed by atoms with Crippen LogP contribution in [0.5, 0.6) is 0 Å². The molecule has 0 nitrogen and oxygen atoms in total. The maximum Gasteiger partial charge on any atom is -0.0171 e. The zero-order valence-electron chi connectivity index (χ0n) is 16.2. The van der Waals surface area contributed by atoms with E-state index in [0.717, 1.165) is 11.8 Å². The van der Waals surface area contributed by atoms with Crippen molar-refractivity contribution in [3.8, 4) is 0 Å². The van der Waals surface area contributed by atoms with E-state index < -0.39 is 0 Å². The average Bonchev–Trinajstić information content (AvgIpc) is 2.56. The van der Waals surface area contributed by atoms with Crippen LogP contribution in [0.1, 0.15) is 116 Å². The summed E-state index contributed by atoms with van der Waals surface area (Å²) < 4.78 is 0. The van der Waals surface area contributed by atoms with Crippen LogP contribution in [-0.2, 0) is 0 Å². The fraction of sp³-hybridized carbons (Fsp3) is 0.833. The van der Waals surface area contributed by atoms with Gasteiger partial charge >= 0.3 is 0 Å². The van der Waals surface area contributed by atoms with Crippen LogP contribution in [0.15, 0.2) is 24.3 Å². The second-order valence-corrected chi connectivity index (χ2v) is 8.29. The normalized spacial score (nSPS) is 29.7. The van der Waals surface area contributed by atoms with E-state index >= 15 is 0 Å². The van der Waals surface area contributed by atoms with Crippen molar-refractivity contribution in [2.45, 2.75) is 116 Å². The van der Waals surface area contributed by atoms with E-state index in [1.807, 2.05) is 0 Å². The zero-order valence-corrected chi connectivity index (χ0v) is 16.2. The predicted octanol–water partition coefficient (Wildman–Crippen LogP) is 8.38. The molecule has 2 rings (SSSR count). The second kappa shape index (κ2) is 13.7. The Hall–Kier alpha value is -0.520. The Kier molecular flexibility index (Phi) is 11.3. The number of hydrogen-bond acceptors (Lipinski definition) is 0. The van der Waals surface area contributed by atoms with Gasteiger partial charge in [-0.05, 0) is 50.4 Å². The SMILES string of the molecule is C1=C[C@@H]([C@@H]2C=CCCCCCCCCC2)CCCCCCCCC1. The van der Waals surface area contributed by atoms with E-state index in [4.69, 9.17) is 0 Å². The van der Waals surface area contributed by atoms with E-state index in [1.54, 1.807) is 0 Å². The van der Waals surface area contributed by atoms with Crippen LogP contribution in [0.25, 0.3) is 0 Å². The Morgan fingerprint density at radius 1 is 0.375 bits per heavy atom. The molecule has 0 heteroatoms. The maximum absolute atomic E-state index is 2.61. The highest BCUT2D eigenvalue weighted by Crippen LogP contribution is 2.29. The second-order valence-electron chi connectivity index (χ2n) is 8.29. The summed E-state index contributed by atoms with van der Waals surface area (Å²) in [5.74, 6) is 1.62. The standard InChI is InChI=1S/C24H42/c1-3-7-11-15-19-23(20-16-12-8-4-1)24-21-17-13-9-5-2-6-10-14-18-22-24/h15,17,19,21,23-24H,1-14,16,18,20,22H2/t23-,24-/m1/s1. The van der Waals surface area contributed by atoms with Gasteiger partial charge in [0.25, 0.3) is 0 Å². The van der Waals surface area contributed by atoms with Crippen LogP contribution >= 0.6 is 0 Å². The summed E-state index contributed by atoms with van der Waals surface area (Å²) in [6.07, 6.45) is 36.0. The van der Waals surface area contributed by atoms with Crippen molar-refractivity contribution < 1.29 is 0 Å². The summed E-state index contributed by atoms with van der Waals surface area (Å²) in [7, 11) is 0. The molecule has 2 aliphatic carbocycles. The van der Waals surface area contributed by atoms with Crippen molar-refractivity contribution in [3.05, 3.63) is 24.3 Å². The van der Waals surface area contributed by atoms with Crippen molar-refractivity contribution in [1.29, 1.82) is 0 Å². The molecule has 0 saturated heterocycles. The first kappa shape index (κ1) is 19.8. The number of hydrogen-bond donors (Lipinski definition) is 0. The minimum atomic E-state index is 0.809. The van der Waals surface area contributed by atoms with Crippen LogP contribution in [0.4, 0.5) is 0 Å². The lowest BCUT2D eigenvalue weighted by Crippen LogP contribution is -2.11. The van der Waals surface area contributed by atoms with E-state index in [9.17, 15) is 0 Å². The molecule has 0 spiro atoms. The first-order chi connectivity index (χ1) is 12.0. The third-order valence-corrected chi connectivity index (χ3v) is 6.13. The van der Waals surface area contributed by atoms with E-state index in [-0.39, 0.29) is 0 Å².